The predicted octanol–water partition coefficient (Wildman–Crippen LogP) is 3.35. The molecule has 0 amide bonds. The standard InChI is InChI=1S/C18H16O2/c1-11-6-7-16-14(8-11)18(19)15-9-12-4-2-3-5-13(12)10-17(15)20-16/h2-8,15,17H,9-10H2,1H3/t15-,17+/m0/s1. The molecule has 2 atom stereocenters. The molecule has 1 heterocycles. The van der Waals surface area contributed by atoms with Gasteiger partial charge in [0.1, 0.15) is 11.9 Å². The Morgan fingerprint density at radius 1 is 1.05 bits per heavy atom. The van der Waals surface area contributed by atoms with Crippen LogP contribution in [0, 0.1) is 12.8 Å². The summed E-state index contributed by atoms with van der Waals surface area (Å²) in [5.41, 5.74) is 4.47. The van der Waals surface area contributed by atoms with Crippen LogP contribution < -0.4 is 4.74 Å². The molecule has 1 aliphatic carbocycles. The fourth-order valence-corrected chi connectivity index (χ4v) is 3.37. The largest absolute Gasteiger partial charge is 0.489 e. The van der Waals surface area contributed by atoms with E-state index in [4.69, 9.17) is 4.74 Å². The van der Waals surface area contributed by atoms with Gasteiger partial charge < -0.3 is 4.74 Å². The van der Waals surface area contributed by atoms with Crippen LogP contribution in [0.5, 0.6) is 5.75 Å². The monoisotopic (exact) mass is 264 g/mol. The van der Waals surface area contributed by atoms with Crippen LogP contribution in [0.15, 0.2) is 42.5 Å². The van der Waals surface area contributed by atoms with E-state index in [1.165, 1.54) is 11.1 Å². The van der Waals surface area contributed by atoms with Crippen LogP contribution in [0.3, 0.4) is 0 Å². The Hall–Kier alpha value is -2.09. The minimum Gasteiger partial charge on any atom is -0.489 e. The third-order valence-corrected chi connectivity index (χ3v) is 4.44. The van der Waals surface area contributed by atoms with E-state index in [-0.39, 0.29) is 17.8 Å². The van der Waals surface area contributed by atoms with Gasteiger partial charge in [0.05, 0.1) is 11.5 Å². The number of hydrogen-bond acceptors (Lipinski definition) is 2. The summed E-state index contributed by atoms with van der Waals surface area (Å²) >= 11 is 0. The highest BCUT2D eigenvalue weighted by Gasteiger charge is 2.40. The van der Waals surface area contributed by atoms with E-state index >= 15 is 0 Å². The number of carbonyl (C=O) groups excluding carboxylic acids is 1. The Morgan fingerprint density at radius 3 is 2.60 bits per heavy atom. The highest BCUT2D eigenvalue weighted by molar-refractivity contribution is 6.02. The van der Waals surface area contributed by atoms with E-state index in [2.05, 4.69) is 18.2 Å². The van der Waals surface area contributed by atoms with Crippen molar-refractivity contribution in [2.45, 2.75) is 25.9 Å². The number of rotatable bonds is 0. The molecule has 2 nitrogen and oxygen atoms in total. The quantitative estimate of drug-likeness (QED) is 0.729. The molecule has 0 spiro atoms. The molecule has 0 fully saturated rings. The maximum atomic E-state index is 12.7. The topological polar surface area (TPSA) is 26.3 Å². The van der Waals surface area contributed by atoms with Crippen LogP contribution in [0.2, 0.25) is 0 Å². The summed E-state index contributed by atoms with van der Waals surface area (Å²) in [7, 11) is 0. The van der Waals surface area contributed by atoms with E-state index in [0.29, 0.717) is 0 Å². The number of carbonyl (C=O) groups is 1. The lowest BCUT2D eigenvalue weighted by Crippen LogP contribution is -2.43. The maximum absolute atomic E-state index is 12.7. The Morgan fingerprint density at radius 2 is 1.80 bits per heavy atom. The molecular weight excluding hydrogens is 248 g/mol. The molecular formula is C18H16O2. The Kier molecular flexibility index (Phi) is 2.46. The van der Waals surface area contributed by atoms with Gasteiger partial charge in [0.25, 0.3) is 0 Å². The van der Waals surface area contributed by atoms with Gasteiger partial charge in [-0.3, -0.25) is 4.79 Å². The zero-order valence-electron chi connectivity index (χ0n) is 11.4. The molecule has 0 N–H and O–H groups in total. The first-order valence-corrected chi connectivity index (χ1v) is 7.10. The van der Waals surface area contributed by atoms with E-state index in [1.807, 2.05) is 31.2 Å². The fraction of sp³-hybridized carbons (Fsp3) is 0.278. The summed E-state index contributed by atoms with van der Waals surface area (Å²) < 4.78 is 6.10. The van der Waals surface area contributed by atoms with Crippen molar-refractivity contribution in [1.82, 2.24) is 0 Å². The molecule has 0 unspecified atom stereocenters. The predicted molar refractivity (Wildman–Crippen MR) is 77.3 cm³/mol. The summed E-state index contributed by atoms with van der Waals surface area (Å²) in [6.07, 6.45) is 1.63. The summed E-state index contributed by atoms with van der Waals surface area (Å²) in [6, 6.07) is 14.3. The van der Waals surface area contributed by atoms with Crippen molar-refractivity contribution < 1.29 is 9.53 Å². The van der Waals surface area contributed by atoms with Gasteiger partial charge in [0.15, 0.2) is 5.78 Å². The number of ketones is 1. The maximum Gasteiger partial charge on any atom is 0.173 e. The molecule has 2 heteroatoms. The van der Waals surface area contributed by atoms with Crippen LogP contribution in [-0.4, -0.2) is 11.9 Å². The second-order valence-corrected chi connectivity index (χ2v) is 5.80. The molecule has 0 saturated carbocycles. The Labute approximate surface area is 118 Å². The average molecular weight is 264 g/mol. The van der Waals surface area contributed by atoms with E-state index < -0.39 is 0 Å². The van der Waals surface area contributed by atoms with Crippen LogP contribution in [-0.2, 0) is 12.8 Å². The van der Waals surface area contributed by atoms with Crippen molar-refractivity contribution in [3.8, 4) is 5.75 Å². The number of Topliss-reactive ketones (excluding diaryl/α,β-unsaturated/α-hetero) is 1. The van der Waals surface area contributed by atoms with Crippen LogP contribution in [0.4, 0.5) is 0 Å². The zero-order valence-corrected chi connectivity index (χ0v) is 11.4. The first-order chi connectivity index (χ1) is 9.72. The van der Waals surface area contributed by atoms with Crippen LogP contribution in [0.25, 0.3) is 0 Å². The second kappa shape index (κ2) is 4.20. The Bertz CT molecular complexity index is 702. The number of aryl methyl sites for hydroxylation is 1. The highest BCUT2D eigenvalue weighted by Crippen LogP contribution is 2.37. The number of fused-ring (bicyclic) bond motifs is 3. The molecule has 20 heavy (non-hydrogen) atoms. The minimum absolute atomic E-state index is 0.00685. The van der Waals surface area contributed by atoms with E-state index in [9.17, 15) is 4.79 Å². The first-order valence-electron chi connectivity index (χ1n) is 7.10. The van der Waals surface area contributed by atoms with Crippen molar-refractivity contribution >= 4 is 5.78 Å². The van der Waals surface area contributed by atoms with Gasteiger partial charge >= 0.3 is 0 Å². The van der Waals surface area contributed by atoms with Gasteiger partial charge in [0.2, 0.25) is 0 Å². The van der Waals surface area contributed by atoms with Gasteiger partial charge in [-0.1, -0.05) is 35.9 Å². The molecule has 2 aliphatic rings. The molecule has 0 saturated heterocycles. The second-order valence-electron chi connectivity index (χ2n) is 5.80. The van der Waals surface area contributed by atoms with Gasteiger partial charge in [-0.15, -0.1) is 0 Å². The Balaban J connectivity index is 1.77. The number of ether oxygens (including phenoxy) is 1. The molecule has 2 aromatic carbocycles. The van der Waals surface area contributed by atoms with Crippen LogP contribution in [0.1, 0.15) is 27.0 Å². The third-order valence-electron chi connectivity index (χ3n) is 4.44. The molecule has 1 aliphatic heterocycles. The smallest absolute Gasteiger partial charge is 0.173 e. The van der Waals surface area contributed by atoms with Crippen molar-refractivity contribution in [2.24, 2.45) is 5.92 Å². The lowest BCUT2D eigenvalue weighted by Gasteiger charge is -2.36. The minimum atomic E-state index is -0.0285. The molecule has 0 radical (unpaired) electrons. The normalized spacial score (nSPS) is 23.4. The highest BCUT2D eigenvalue weighted by atomic mass is 16.5. The summed E-state index contributed by atoms with van der Waals surface area (Å²) in [4.78, 5) is 12.7. The molecule has 2 aromatic rings. The SMILES string of the molecule is Cc1ccc2c(c1)C(=O)[C@H]1Cc3ccccc3C[C@H]1O2. The van der Waals surface area contributed by atoms with Gasteiger partial charge in [0, 0.05) is 6.42 Å². The fourth-order valence-electron chi connectivity index (χ4n) is 3.37. The van der Waals surface area contributed by atoms with Crippen molar-refractivity contribution in [2.75, 3.05) is 0 Å². The van der Waals surface area contributed by atoms with E-state index in [0.717, 1.165) is 29.7 Å². The van der Waals surface area contributed by atoms with Crippen molar-refractivity contribution in [1.29, 1.82) is 0 Å². The van der Waals surface area contributed by atoms with Gasteiger partial charge in [-0.05, 0) is 36.6 Å². The lowest BCUT2D eigenvalue weighted by molar-refractivity contribution is 0.0634. The van der Waals surface area contributed by atoms with Gasteiger partial charge in [-0.25, -0.2) is 0 Å². The third kappa shape index (κ3) is 1.68. The van der Waals surface area contributed by atoms with E-state index in [1.54, 1.807) is 0 Å². The summed E-state index contributed by atoms with van der Waals surface area (Å²) in [5.74, 6) is 0.967. The lowest BCUT2D eigenvalue weighted by atomic mass is 9.76. The number of hydrogen-bond donors (Lipinski definition) is 0. The summed E-state index contributed by atoms with van der Waals surface area (Å²) in [6.45, 7) is 2.01. The zero-order chi connectivity index (χ0) is 13.7. The molecule has 0 aromatic heterocycles. The van der Waals surface area contributed by atoms with Crippen LogP contribution >= 0.6 is 0 Å². The average Bonchev–Trinajstić information content (AvgIpc) is 2.47. The first kappa shape index (κ1) is 11.7. The van der Waals surface area contributed by atoms with Crippen molar-refractivity contribution in [3.05, 3.63) is 64.7 Å². The molecule has 0 bridgehead atoms. The van der Waals surface area contributed by atoms with Gasteiger partial charge in [-0.2, -0.15) is 0 Å². The molecule has 100 valence electrons. The van der Waals surface area contributed by atoms with Crippen molar-refractivity contribution in [3.63, 3.8) is 0 Å². The molecule has 4 rings (SSSR count). The number of benzene rings is 2. The summed E-state index contributed by atoms with van der Waals surface area (Å²) in [5, 5.41) is 0.